The summed E-state index contributed by atoms with van der Waals surface area (Å²) in [6, 6.07) is 12.6. The molecule has 0 unspecified atom stereocenters. The van der Waals surface area contributed by atoms with Crippen molar-refractivity contribution in [2.45, 2.75) is 39.0 Å². The Kier molecular flexibility index (Phi) is 4.42. The van der Waals surface area contributed by atoms with Crippen LogP contribution in [0.3, 0.4) is 0 Å². The van der Waals surface area contributed by atoms with Crippen molar-refractivity contribution in [1.29, 1.82) is 0 Å². The predicted molar refractivity (Wildman–Crippen MR) is 84.6 cm³/mol. The van der Waals surface area contributed by atoms with Gasteiger partial charge in [-0.05, 0) is 49.6 Å². The van der Waals surface area contributed by atoms with Crippen LogP contribution in [-0.2, 0) is 13.2 Å². The summed E-state index contributed by atoms with van der Waals surface area (Å²) in [6.07, 6.45) is 2.58. The Balaban J connectivity index is 1.59. The Morgan fingerprint density at radius 1 is 1.29 bits per heavy atom. The molecule has 21 heavy (non-hydrogen) atoms. The number of halogens is 1. The van der Waals surface area contributed by atoms with E-state index < -0.39 is 0 Å². The van der Waals surface area contributed by atoms with Crippen molar-refractivity contribution < 1.29 is 4.74 Å². The van der Waals surface area contributed by atoms with Crippen LogP contribution in [0.5, 0.6) is 5.75 Å². The summed E-state index contributed by atoms with van der Waals surface area (Å²) in [5.41, 5.74) is 3.09. The number of pyridine rings is 1. The van der Waals surface area contributed by atoms with Crippen LogP contribution < -0.4 is 10.1 Å². The first kappa shape index (κ1) is 14.4. The van der Waals surface area contributed by atoms with E-state index in [1.165, 1.54) is 18.4 Å². The van der Waals surface area contributed by atoms with E-state index in [9.17, 15) is 0 Å². The van der Waals surface area contributed by atoms with Crippen LogP contribution >= 0.6 is 11.6 Å². The van der Waals surface area contributed by atoms with Gasteiger partial charge in [-0.2, -0.15) is 0 Å². The number of benzene rings is 1. The van der Waals surface area contributed by atoms with Crippen LogP contribution in [0, 0.1) is 6.92 Å². The third-order valence-corrected chi connectivity index (χ3v) is 3.79. The lowest BCUT2D eigenvalue weighted by molar-refractivity contribution is 0.301. The summed E-state index contributed by atoms with van der Waals surface area (Å²) in [5.74, 6) is 0.704. The Morgan fingerprint density at radius 3 is 2.86 bits per heavy atom. The quantitative estimate of drug-likeness (QED) is 0.879. The van der Waals surface area contributed by atoms with Crippen molar-refractivity contribution in [3.63, 3.8) is 0 Å². The van der Waals surface area contributed by atoms with Gasteiger partial charge in [0.15, 0.2) is 0 Å². The number of ether oxygens (including phenoxy) is 1. The van der Waals surface area contributed by atoms with E-state index in [0.29, 0.717) is 23.4 Å². The van der Waals surface area contributed by atoms with E-state index in [1.54, 1.807) is 0 Å². The second-order valence-corrected chi connectivity index (χ2v) is 5.89. The number of hydrogen-bond donors (Lipinski definition) is 1. The van der Waals surface area contributed by atoms with Gasteiger partial charge in [0.1, 0.15) is 12.4 Å². The molecule has 110 valence electrons. The van der Waals surface area contributed by atoms with Crippen LogP contribution in [0.25, 0.3) is 0 Å². The molecule has 0 amide bonds. The largest absolute Gasteiger partial charge is 0.486 e. The first-order valence-corrected chi connectivity index (χ1v) is 7.65. The fraction of sp³-hybridized carbons (Fsp3) is 0.353. The Morgan fingerprint density at radius 2 is 2.14 bits per heavy atom. The minimum absolute atomic E-state index is 0.432. The smallest absolute Gasteiger partial charge is 0.138 e. The maximum atomic E-state index is 6.28. The molecule has 1 heterocycles. The zero-order valence-electron chi connectivity index (χ0n) is 12.1. The average molecular weight is 303 g/mol. The summed E-state index contributed by atoms with van der Waals surface area (Å²) in [4.78, 5) is 4.41. The van der Waals surface area contributed by atoms with E-state index >= 15 is 0 Å². The predicted octanol–water partition coefficient (Wildman–Crippen LogP) is 3.87. The van der Waals surface area contributed by atoms with Crippen molar-refractivity contribution in [2.24, 2.45) is 0 Å². The molecule has 0 bridgehead atoms. The highest BCUT2D eigenvalue weighted by molar-refractivity contribution is 6.32. The molecule has 1 aromatic carbocycles. The molecule has 0 spiro atoms. The van der Waals surface area contributed by atoms with Gasteiger partial charge in [-0.1, -0.05) is 23.7 Å². The molecule has 3 rings (SSSR count). The van der Waals surface area contributed by atoms with E-state index in [2.05, 4.69) is 16.4 Å². The molecule has 3 nitrogen and oxygen atoms in total. The van der Waals surface area contributed by atoms with Crippen molar-refractivity contribution in [3.8, 4) is 5.75 Å². The van der Waals surface area contributed by atoms with Gasteiger partial charge in [0.05, 0.1) is 10.7 Å². The fourth-order valence-corrected chi connectivity index (χ4v) is 2.41. The lowest BCUT2D eigenvalue weighted by atomic mass is 10.2. The first-order valence-electron chi connectivity index (χ1n) is 7.28. The second-order valence-electron chi connectivity index (χ2n) is 5.48. The SMILES string of the molecule is Cc1cccc(COc2ccc(CNC3CC3)cc2Cl)n1. The maximum absolute atomic E-state index is 6.28. The van der Waals surface area contributed by atoms with Crippen LogP contribution in [-0.4, -0.2) is 11.0 Å². The third-order valence-electron chi connectivity index (χ3n) is 3.49. The van der Waals surface area contributed by atoms with Gasteiger partial charge in [-0.15, -0.1) is 0 Å². The molecule has 0 saturated heterocycles. The molecule has 1 saturated carbocycles. The van der Waals surface area contributed by atoms with Gasteiger partial charge in [0.2, 0.25) is 0 Å². The monoisotopic (exact) mass is 302 g/mol. The molecule has 0 radical (unpaired) electrons. The molecule has 0 atom stereocenters. The molecule has 1 fully saturated rings. The molecule has 1 aliphatic carbocycles. The molecule has 2 aromatic rings. The highest BCUT2D eigenvalue weighted by Crippen LogP contribution is 2.27. The van der Waals surface area contributed by atoms with Gasteiger partial charge in [0.25, 0.3) is 0 Å². The summed E-state index contributed by atoms with van der Waals surface area (Å²) in [7, 11) is 0. The fourth-order valence-electron chi connectivity index (χ4n) is 2.15. The number of rotatable bonds is 6. The molecular weight excluding hydrogens is 284 g/mol. The van der Waals surface area contributed by atoms with Crippen LogP contribution in [0.4, 0.5) is 0 Å². The van der Waals surface area contributed by atoms with Crippen LogP contribution in [0.2, 0.25) is 5.02 Å². The zero-order chi connectivity index (χ0) is 14.7. The summed E-state index contributed by atoms with van der Waals surface area (Å²) < 4.78 is 5.76. The minimum atomic E-state index is 0.432. The Hall–Kier alpha value is -1.58. The molecule has 1 aliphatic rings. The lowest BCUT2D eigenvalue weighted by Gasteiger charge is -2.10. The highest BCUT2D eigenvalue weighted by atomic mass is 35.5. The van der Waals surface area contributed by atoms with E-state index in [0.717, 1.165) is 17.9 Å². The minimum Gasteiger partial charge on any atom is -0.486 e. The van der Waals surface area contributed by atoms with Gasteiger partial charge in [-0.3, -0.25) is 4.98 Å². The Labute approximate surface area is 130 Å². The zero-order valence-corrected chi connectivity index (χ0v) is 12.9. The second kappa shape index (κ2) is 6.46. The summed E-state index contributed by atoms with van der Waals surface area (Å²) in [6.45, 7) is 3.27. The molecule has 4 heteroatoms. The number of nitrogens with zero attached hydrogens (tertiary/aromatic N) is 1. The Bertz CT molecular complexity index is 626. The summed E-state index contributed by atoms with van der Waals surface area (Å²) in [5, 5.41) is 4.12. The van der Waals surface area contributed by atoms with Crippen LogP contribution in [0.1, 0.15) is 29.8 Å². The number of hydrogen-bond acceptors (Lipinski definition) is 3. The standard InChI is InChI=1S/C17H19ClN2O/c1-12-3-2-4-15(20-12)11-21-17-8-5-13(9-16(17)18)10-19-14-6-7-14/h2-5,8-9,14,19H,6-7,10-11H2,1H3. The van der Waals surface area contributed by atoms with Gasteiger partial charge in [-0.25, -0.2) is 0 Å². The highest BCUT2D eigenvalue weighted by Gasteiger charge is 2.20. The number of nitrogens with one attached hydrogen (secondary N) is 1. The van der Waals surface area contributed by atoms with Crippen molar-refractivity contribution in [3.05, 3.63) is 58.4 Å². The average Bonchev–Trinajstić information content (AvgIpc) is 3.28. The first-order chi connectivity index (χ1) is 10.2. The molecule has 1 aromatic heterocycles. The van der Waals surface area contributed by atoms with Crippen molar-refractivity contribution in [1.82, 2.24) is 10.3 Å². The van der Waals surface area contributed by atoms with Gasteiger partial charge in [0, 0.05) is 18.3 Å². The number of aromatic nitrogens is 1. The van der Waals surface area contributed by atoms with Crippen LogP contribution in [0.15, 0.2) is 36.4 Å². The van der Waals surface area contributed by atoms with Crippen molar-refractivity contribution >= 4 is 11.6 Å². The normalized spacial score (nSPS) is 14.2. The van der Waals surface area contributed by atoms with E-state index in [-0.39, 0.29) is 0 Å². The maximum Gasteiger partial charge on any atom is 0.138 e. The molecular formula is C17H19ClN2O. The lowest BCUT2D eigenvalue weighted by Crippen LogP contribution is -2.15. The number of aryl methyl sites for hydroxylation is 1. The van der Waals surface area contributed by atoms with Gasteiger partial charge < -0.3 is 10.1 Å². The molecule has 1 N–H and O–H groups in total. The van der Waals surface area contributed by atoms with E-state index in [1.807, 2.05) is 37.3 Å². The summed E-state index contributed by atoms with van der Waals surface area (Å²) >= 11 is 6.28. The van der Waals surface area contributed by atoms with Crippen molar-refractivity contribution in [2.75, 3.05) is 0 Å². The topological polar surface area (TPSA) is 34.1 Å². The molecule has 0 aliphatic heterocycles. The van der Waals surface area contributed by atoms with Gasteiger partial charge >= 0.3 is 0 Å². The van der Waals surface area contributed by atoms with E-state index in [4.69, 9.17) is 16.3 Å². The third kappa shape index (κ3) is 4.19.